The first-order chi connectivity index (χ1) is 9.19. The minimum atomic E-state index is -0.803. The van der Waals surface area contributed by atoms with E-state index in [0.29, 0.717) is 19.6 Å². The van der Waals surface area contributed by atoms with E-state index < -0.39 is 12.0 Å². The van der Waals surface area contributed by atoms with E-state index >= 15 is 0 Å². The predicted molar refractivity (Wildman–Crippen MR) is 78.9 cm³/mol. The Morgan fingerprint density at radius 2 is 2.21 bits per heavy atom. The van der Waals surface area contributed by atoms with Crippen LogP contribution in [0.3, 0.4) is 0 Å². The highest BCUT2D eigenvalue weighted by atomic mass is 32.2. The largest absolute Gasteiger partial charge is 0.494 e. The molecule has 0 amide bonds. The van der Waals surface area contributed by atoms with Gasteiger partial charge >= 0.3 is 5.97 Å². The molecule has 0 aromatic heterocycles. The lowest BCUT2D eigenvalue weighted by Gasteiger charge is -2.15. The third-order valence-electron chi connectivity index (χ3n) is 2.72. The van der Waals surface area contributed by atoms with Crippen LogP contribution < -0.4 is 10.1 Å². The van der Waals surface area contributed by atoms with Gasteiger partial charge in [0.25, 0.3) is 0 Å². The van der Waals surface area contributed by atoms with Crippen LogP contribution in [0.4, 0.5) is 0 Å². The summed E-state index contributed by atoms with van der Waals surface area (Å²) in [6.45, 7) is 3.04. The number of rotatable bonds is 9. The van der Waals surface area contributed by atoms with E-state index in [1.807, 2.05) is 37.4 Å². The maximum absolute atomic E-state index is 11.1. The molecular formula is C14H21NO3S. The minimum absolute atomic E-state index is 0.502. The number of nitrogens with one attached hydrogen (secondary N) is 1. The predicted octanol–water partition coefficient (Wildman–Crippen LogP) is 2.38. The Hall–Kier alpha value is -1.20. The molecule has 0 spiro atoms. The summed E-state index contributed by atoms with van der Waals surface area (Å²) in [7, 11) is 0. The Morgan fingerprint density at radius 3 is 2.84 bits per heavy atom. The molecule has 0 unspecified atom stereocenters. The molecule has 2 N–H and O–H groups in total. The fraction of sp³-hybridized carbons (Fsp3) is 0.500. The molecule has 1 rings (SSSR count). The molecule has 0 aliphatic heterocycles. The number of thioether (sulfide) groups is 1. The number of aliphatic carboxylic acids is 1. The zero-order chi connectivity index (χ0) is 14.1. The lowest BCUT2D eigenvalue weighted by molar-refractivity contribution is -0.139. The van der Waals surface area contributed by atoms with Gasteiger partial charge in [0.1, 0.15) is 11.8 Å². The number of hydrogen-bond donors (Lipinski definition) is 2. The molecule has 0 saturated carbocycles. The summed E-state index contributed by atoms with van der Waals surface area (Å²) in [5.41, 5.74) is 0.986. The highest BCUT2D eigenvalue weighted by molar-refractivity contribution is 7.98. The van der Waals surface area contributed by atoms with Crippen LogP contribution in [-0.2, 0) is 11.3 Å². The second-order valence-corrected chi connectivity index (χ2v) is 5.08. The van der Waals surface area contributed by atoms with Crippen molar-refractivity contribution >= 4 is 17.7 Å². The van der Waals surface area contributed by atoms with Crippen LogP contribution in [0.15, 0.2) is 24.3 Å². The van der Waals surface area contributed by atoms with Gasteiger partial charge in [0.05, 0.1) is 6.61 Å². The first-order valence-electron chi connectivity index (χ1n) is 6.34. The molecule has 0 aliphatic rings. The topological polar surface area (TPSA) is 58.6 Å². The first kappa shape index (κ1) is 15.9. The van der Waals surface area contributed by atoms with E-state index in [1.54, 1.807) is 11.8 Å². The number of carboxylic acids is 1. The average Bonchev–Trinajstić information content (AvgIpc) is 2.40. The summed E-state index contributed by atoms with van der Waals surface area (Å²) in [4.78, 5) is 11.1. The Morgan fingerprint density at radius 1 is 1.47 bits per heavy atom. The highest BCUT2D eigenvalue weighted by Gasteiger charge is 2.16. The molecule has 0 aliphatic carbocycles. The Labute approximate surface area is 118 Å². The van der Waals surface area contributed by atoms with Crippen LogP contribution in [0.25, 0.3) is 0 Å². The summed E-state index contributed by atoms with van der Waals surface area (Å²) in [6.07, 6.45) is 2.59. The zero-order valence-corrected chi connectivity index (χ0v) is 12.2. The average molecular weight is 283 g/mol. The standard InChI is InChI=1S/C14H21NO3S/c1-3-18-13-7-5-4-6-11(13)10-15-12(14(16)17)8-9-19-2/h4-7,12,15H,3,8-10H2,1-2H3,(H,16,17)/t12-/m1/s1. The maximum Gasteiger partial charge on any atom is 0.320 e. The number of para-hydroxylation sites is 1. The van der Waals surface area contributed by atoms with Gasteiger partial charge in [0.15, 0.2) is 0 Å². The van der Waals surface area contributed by atoms with Crippen molar-refractivity contribution in [1.82, 2.24) is 5.32 Å². The fourth-order valence-corrected chi connectivity index (χ4v) is 2.20. The van der Waals surface area contributed by atoms with E-state index in [2.05, 4.69) is 5.32 Å². The molecule has 0 heterocycles. The van der Waals surface area contributed by atoms with Crippen LogP contribution in [0, 0.1) is 0 Å². The van der Waals surface area contributed by atoms with Crippen LogP contribution in [0.2, 0.25) is 0 Å². The SMILES string of the molecule is CCOc1ccccc1CN[C@H](CCSC)C(=O)O. The van der Waals surface area contributed by atoms with Crippen molar-refractivity contribution in [2.24, 2.45) is 0 Å². The molecule has 1 atom stereocenters. The summed E-state index contributed by atoms with van der Waals surface area (Å²) in [5, 5.41) is 12.2. The van der Waals surface area contributed by atoms with Gasteiger partial charge < -0.3 is 15.2 Å². The third kappa shape index (κ3) is 5.53. The van der Waals surface area contributed by atoms with Gasteiger partial charge in [-0.05, 0) is 31.4 Å². The van der Waals surface area contributed by atoms with Gasteiger partial charge in [-0.15, -0.1) is 0 Å². The van der Waals surface area contributed by atoms with E-state index in [0.717, 1.165) is 17.1 Å². The van der Waals surface area contributed by atoms with E-state index in [1.165, 1.54) is 0 Å². The van der Waals surface area contributed by atoms with E-state index in [-0.39, 0.29) is 0 Å². The fourth-order valence-electron chi connectivity index (χ4n) is 1.73. The summed E-state index contributed by atoms with van der Waals surface area (Å²) < 4.78 is 5.52. The summed E-state index contributed by atoms with van der Waals surface area (Å²) in [6, 6.07) is 7.18. The highest BCUT2D eigenvalue weighted by Crippen LogP contribution is 2.18. The normalized spacial score (nSPS) is 12.1. The molecular weight excluding hydrogens is 262 g/mol. The van der Waals surface area contributed by atoms with Crippen molar-refractivity contribution in [2.75, 3.05) is 18.6 Å². The van der Waals surface area contributed by atoms with Crippen LogP contribution >= 0.6 is 11.8 Å². The lowest BCUT2D eigenvalue weighted by Crippen LogP contribution is -2.36. The third-order valence-corrected chi connectivity index (χ3v) is 3.36. The van der Waals surface area contributed by atoms with E-state index in [9.17, 15) is 4.79 Å². The van der Waals surface area contributed by atoms with Crippen molar-refractivity contribution < 1.29 is 14.6 Å². The number of benzene rings is 1. The van der Waals surface area contributed by atoms with Gasteiger partial charge in [-0.25, -0.2) is 0 Å². The molecule has 0 bridgehead atoms. The monoisotopic (exact) mass is 283 g/mol. The van der Waals surface area contributed by atoms with Gasteiger partial charge in [0.2, 0.25) is 0 Å². The lowest BCUT2D eigenvalue weighted by atomic mass is 10.1. The number of carboxylic acid groups (broad SMARTS) is 1. The summed E-state index contributed by atoms with van der Waals surface area (Å²) in [5.74, 6) is 0.839. The molecule has 0 radical (unpaired) electrons. The molecule has 1 aromatic carbocycles. The molecule has 19 heavy (non-hydrogen) atoms. The zero-order valence-electron chi connectivity index (χ0n) is 11.4. The number of carbonyl (C=O) groups is 1. The van der Waals surface area contributed by atoms with E-state index in [4.69, 9.17) is 9.84 Å². The minimum Gasteiger partial charge on any atom is -0.494 e. The molecule has 4 nitrogen and oxygen atoms in total. The second-order valence-electron chi connectivity index (χ2n) is 4.09. The van der Waals surface area contributed by atoms with Gasteiger partial charge in [-0.2, -0.15) is 11.8 Å². The van der Waals surface area contributed by atoms with Crippen molar-refractivity contribution in [3.63, 3.8) is 0 Å². The Bertz CT molecular complexity index is 398. The number of ether oxygens (including phenoxy) is 1. The molecule has 0 fully saturated rings. The van der Waals surface area contributed by atoms with Gasteiger partial charge in [-0.3, -0.25) is 4.79 Å². The summed E-state index contributed by atoms with van der Waals surface area (Å²) >= 11 is 1.65. The smallest absolute Gasteiger partial charge is 0.320 e. The quantitative estimate of drug-likeness (QED) is 0.728. The first-order valence-corrected chi connectivity index (χ1v) is 7.74. The van der Waals surface area contributed by atoms with Crippen LogP contribution in [0.1, 0.15) is 18.9 Å². The molecule has 106 valence electrons. The van der Waals surface area contributed by atoms with Crippen LogP contribution in [0.5, 0.6) is 5.75 Å². The van der Waals surface area contributed by atoms with Crippen molar-refractivity contribution in [3.8, 4) is 5.75 Å². The Balaban J connectivity index is 2.60. The molecule has 1 aromatic rings. The van der Waals surface area contributed by atoms with Crippen molar-refractivity contribution in [1.29, 1.82) is 0 Å². The van der Waals surface area contributed by atoms with Crippen molar-refractivity contribution in [2.45, 2.75) is 25.9 Å². The van der Waals surface area contributed by atoms with Crippen LogP contribution in [-0.4, -0.2) is 35.7 Å². The molecule has 0 saturated heterocycles. The van der Waals surface area contributed by atoms with Crippen molar-refractivity contribution in [3.05, 3.63) is 29.8 Å². The Kier molecular flexibility index (Phi) is 7.36. The van der Waals surface area contributed by atoms with Gasteiger partial charge in [-0.1, -0.05) is 18.2 Å². The van der Waals surface area contributed by atoms with Gasteiger partial charge in [0, 0.05) is 12.1 Å². The maximum atomic E-state index is 11.1. The second kappa shape index (κ2) is 8.82. The molecule has 5 heteroatoms. The number of hydrogen-bond acceptors (Lipinski definition) is 4.